The maximum absolute atomic E-state index is 12.9. The minimum absolute atomic E-state index is 0. The van der Waals surface area contributed by atoms with Crippen LogP contribution in [0.2, 0.25) is 0 Å². The van der Waals surface area contributed by atoms with Gasteiger partial charge in [0.15, 0.2) is 0 Å². The standard InChI is InChI=1S/C18H31N4O4S.Y/c1-12(10-23)20(4)16(24)13(2)21(5)18(26)15(11-27)22(6)17(25)14-8-7-9-19(14)3;/h12-15,27H,7-9,11H2,1-6H3;/q-1;. The van der Waals surface area contributed by atoms with Crippen molar-refractivity contribution in [3.63, 3.8) is 0 Å². The van der Waals surface area contributed by atoms with Gasteiger partial charge in [0.2, 0.25) is 17.7 Å². The first-order valence-corrected chi connectivity index (χ1v) is 9.70. The molecular formula is C18H31N4O4SY-. The van der Waals surface area contributed by atoms with Crippen LogP contribution in [0.1, 0.15) is 26.7 Å². The van der Waals surface area contributed by atoms with Crippen molar-refractivity contribution in [3.8, 4) is 0 Å². The first-order chi connectivity index (χ1) is 12.6. The molecule has 8 nitrogen and oxygen atoms in total. The van der Waals surface area contributed by atoms with Crippen molar-refractivity contribution in [2.45, 2.75) is 50.9 Å². The molecule has 1 aliphatic rings. The Morgan fingerprint density at radius 3 is 2.11 bits per heavy atom. The molecular weight excluding hydrogens is 457 g/mol. The molecule has 1 fully saturated rings. The summed E-state index contributed by atoms with van der Waals surface area (Å²) in [7, 11) is 6.51. The van der Waals surface area contributed by atoms with Gasteiger partial charge in [-0.05, 0) is 33.4 Å². The molecule has 157 valence electrons. The Balaban J connectivity index is 0.00000729. The first kappa shape index (κ1) is 27.5. The zero-order chi connectivity index (χ0) is 20.9. The van der Waals surface area contributed by atoms with Crippen LogP contribution in [-0.4, -0.2) is 108 Å². The van der Waals surface area contributed by atoms with Gasteiger partial charge in [-0.25, -0.2) is 6.29 Å². The van der Waals surface area contributed by atoms with Crippen molar-refractivity contribution in [2.75, 3.05) is 40.5 Å². The molecule has 4 unspecified atom stereocenters. The molecule has 28 heavy (non-hydrogen) atoms. The number of amides is 3. The average molecular weight is 488 g/mol. The topological polar surface area (TPSA) is 81.2 Å². The molecule has 1 heterocycles. The number of carbonyl (C=O) groups excluding carboxylic acids is 4. The van der Waals surface area contributed by atoms with Gasteiger partial charge in [-0.3, -0.25) is 19.3 Å². The van der Waals surface area contributed by atoms with E-state index in [4.69, 9.17) is 0 Å². The van der Waals surface area contributed by atoms with Gasteiger partial charge in [-0.15, -0.1) is 0 Å². The molecule has 0 saturated carbocycles. The number of nitrogens with zero attached hydrogens (tertiary/aromatic N) is 4. The predicted molar refractivity (Wildman–Crippen MR) is 106 cm³/mol. The third-order valence-corrected chi connectivity index (χ3v) is 5.81. The van der Waals surface area contributed by atoms with Crippen LogP contribution in [0.4, 0.5) is 0 Å². The van der Waals surface area contributed by atoms with E-state index in [-0.39, 0.29) is 62.2 Å². The molecule has 1 rings (SSSR count). The molecule has 10 heteroatoms. The van der Waals surface area contributed by atoms with Gasteiger partial charge in [0.1, 0.15) is 12.1 Å². The zero-order valence-corrected chi connectivity index (χ0v) is 21.3. The summed E-state index contributed by atoms with van der Waals surface area (Å²) in [6.07, 6.45) is 3.47. The quantitative estimate of drug-likeness (QED) is 0.373. The van der Waals surface area contributed by atoms with Gasteiger partial charge in [0, 0.05) is 59.6 Å². The molecule has 0 bridgehead atoms. The van der Waals surface area contributed by atoms with Crippen LogP contribution in [-0.2, 0) is 51.9 Å². The number of rotatable bonds is 8. The van der Waals surface area contributed by atoms with Gasteiger partial charge in [-0.1, -0.05) is 13.0 Å². The molecule has 1 aliphatic heterocycles. The van der Waals surface area contributed by atoms with Crippen molar-refractivity contribution in [1.29, 1.82) is 0 Å². The van der Waals surface area contributed by atoms with Crippen molar-refractivity contribution in [3.05, 3.63) is 0 Å². The van der Waals surface area contributed by atoms with Crippen LogP contribution in [0.15, 0.2) is 0 Å². The fourth-order valence-corrected chi connectivity index (χ4v) is 3.53. The van der Waals surface area contributed by atoms with E-state index in [0.717, 1.165) is 19.4 Å². The normalized spacial score (nSPS) is 19.8. The van der Waals surface area contributed by atoms with Crippen molar-refractivity contribution in [2.24, 2.45) is 0 Å². The summed E-state index contributed by atoms with van der Waals surface area (Å²) in [5.41, 5.74) is 0. The third kappa shape index (κ3) is 6.24. The number of carbonyl (C=O) groups is 3. The van der Waals surface area contributed by atoms with Gasteiger partial charge in [0.05, 0.1) is 6.04 Å². The Hall–Kier alpha value is -0.506. The van der Waals surface area contributed by atoms with Crippen LogP contribution in [0.3, 0.4) is 0 Å². The number of thiol groups is 1. The monoisotopic (exact) mass is 488 g/mol. The summed E-state index contributed by atoms with van der Waals surface area (Å²) in [5, 5.41) is 0. The van der Waals surface area contributed by atoms with E-state index >= 15 is 0 Å². The van der Waals surface area contributed by atoms with Gasteiger partial charge < -0.3 is 19.5 Å². The fraction of sp³-hybridized carbons (Fsp3) is 0.778. The maximum Gasteiger partial charge on any atom is 0.246 e. The molecule has 0 aromatic carbocycles. The second kappa shape index (κ2) is 12.2. The van der Waals surface area contributed by atoms with E-state index in [1.54, 1.807) is 27.2 Å². The molecule has 4 atom stereocenters. The largest absolute Gasteiger partial charge is 0.540 e. The summed E-state index contributed by atoms with van der Waals surface area (Å²) in [4.78, 5) is 55.0. The van der Waals surface area contributed by atoms with Crippen molar-refractivity contribution in [1.82, 2.24) is 19.6 Å². The number of hydrogen-bond acceptors (Lipinski definition) is 6. The second-order valence-electron chi connectivity index (χ2n) is 7.15. The summed E-state index contributed by atoms with van der Waals surface area (Å²) >= 11 is 4.26. The van der Waals surface area contributed by atoms with Crippen LogP contribution >= 0.6 is 12.6 Å². The summed E-state index contributed by atoms with van der Waals surface area (Å²) in [6.45, 7) is 4.00. The van der Waals surface area contributed by atoms with E-state index in [2.05, 4.69) is 12.6 Å². The van der Waals surface area contributed by atoms with E-state index < -0.39 is 18.1 Å². The number of hydrogen-bond donors (Lipinski definition) is 1. The third-order valence-electron chi connectivity index (χ3n) is 5.46. The Bertz CT molecular complexity index is 580. The molecule has 3 amide bonds. The Kier molecular flexibility index (Phi) is 12.0. The Morgan fingerprint density at radius 1 is 1.11 bits per heavy atom. The van der Waals surface area contributed by atoms with Crippen LogP contribution in [0, 0.1) is 0 Å². The van der Waals surface area contributed by atoms with Crippen LogP contribution in [0.25, 0.3) is 0 Å². The molecule has 1 radical (unpaired) electrons. The molecule has 0 aromatic heterocycles. The second-order valence-corrected chi connectivity index (χ2v) is 7.52. The van der Waals surface area contributed by atoms with Crippen LogP contribution < -0.4 is 0 Å². The van der Waals surface area contributed by atoms with Gasteiger partial charge in [0.25, 0.3) is 0 Å². The number of likely N-dealkylation sites (tertiary alicyclic amines) is 1. The molecule has 0 spiro atoms. The van der Waals surface area contributed by atoms with Gasteiger partial charge >= 0.3 is 0 Å². The van der Waals surface area contributed by atoms with Gasteiger partial charge in [-0.2, -0.15) is 12.6 Å². The fourth-order valence-electron chi connectivity index (χ4n) is 3.13. The van der Waals surface area contributed by atoms with Crippen molar-refractivity contribution >= 4 is 36.6 Å². The molecule has 0 aromatic rings. The Morgan fingerprint density at radius 2 is 1.68 bits per heavy atom. The number of likely N-dealkylation sites (N-methyl/N-ethyl adjacent to an activating group) is 4. The van der Waals surface area contributed by atoms with E-state index in [1.807, 2.05) is 11.9 Å². The maximum atomic E-state index is 12.9. The SMILES string of the molecule is CC([C-]=O)N(C)C(=O)C(C)N(C)C(=O)C(CS)N(C)C(=O)C1CCCN1C.[Y]. The minimum atomic E-state index is -0.779. The summed E-state index contributed by atoms with van der Waals surface area (Å²) in [6, 6.07) is -2.48. The molecule has 1 saturated heterocycles. The van der Waals surface area contributed by atoms with E-state index in [9.17, 15) is 19.2 Å². The zero-order valence-electron chi connectivity index (χ0n) is 17.6. The van der Waals surface area contributed by atoms with E-state index in [0.29, 0.717) is 0 Å². The van der Waals surface area contributed by atoms with E-state index in [1.165, 1.54) is 28.8 Å². The molecule has 0 N–H and O–H groups in total. The predicted octanol–water partition coefficient (Wildman–Crippen LogP) is -0.362. The summed E-state index contributed by atoms with van der Waals surface area (Å²) < 4.78 is 0. The average Bonchev–Trinajstić information content (AvgIpc) is 3.10. The summed E-state index contributed by atoms with van der Waals surface area (Å²) in [5.74, 6) is -0.699. The first-order valence-electron chi connectivity index (χ1n) is 9.07. The smallest absolute Gasteiger partial charge is 0.246 e. The van der Waals surface area contributed by atoms with Crippen LogP contribution in [0.5, 0.6) is 0 Å². The minimum Gasteiger partial charge on any atom is -0.540 e. The molecule has 0 aliphatic carbocycles. The Labute approximate surface area is 198 Å². The van der Waals surface area contributed by atoms with Crippen molar-refractivity contribution < 1.29 is 51.9 Å².